The van der Waals surface area contributed by atoms with Gasteiger partial charge in [-0.25, -0.2) is 0 Å². The molecule has 0 spiro atoms. The topological polar surface area (TPSA) is 23.5 Å². The van der Waals surface area contributed by atoms with Crippen LogP contribution in [0, 0.1) is 0 Å². The SMILES string of the molecule is O[C@H]1CN(C(c2ccccc2)c2ccccc2)[C@@H]1c1ccccc1. The molecular weight excluding hydrogens is 294 g/mol. The van der Waals surface area contributed by atoms with E-state index < -0.39 is 0 Å². The molecule has 0 radical (unpaired) electrons. The zero-order valence-corrected chi connectivity index (χ0v) is 13.5. The van der Waals surface area contributed by atoms with Crippen LogP contribution in [0.5, 0.6) is 0 Å². The van der Waals surface area contributed by atoms with Crippen molar-refractivity contribution in [3.05, 3.63) is 108 Å². The Morgan fingerprint density at radius 1 is 0.708 bits per heavy atom. The predicted octanol–water partition coefficient (Wildman–Crippen LogP) is 4.19. The van der Waals surface area contributed by atoms with E-state index in [9.17, 15) is 5.11 Å². The summed E-state index contributed by atoms with van der Waals surface area (Å²) in [5, 5.41) is 10.4. The lowest BCUT2D eigenvalue weighted by Crippen LogP contribution is -2.54. The van der Waals surface area contributed by atoms with Crippen LogP contribution in [0.2, 0.25) is 0 Å². The predicted molar refractivity (Wildman–Crippen MR) is 96.6 cm³/mol. The molecule has 0 saturated carbocycles. The molecule has 3 aromatic carbocycles. The van der Waals surface area contributed by atoms with Gasteiger partial charge in [0, 0.05) is 6.54 Å². The standard InChI is InChI=1S/C22H21NO/c24-20-16-23(22(20)19-14-8-3-9-15-19)21(17-10-4-1-5-11-17)18-12-6-2-7-13-18/h1-15,20-22,24H,16H2/t20-,22+/m0/s1. The number of aliphatic hydroxyl groups is 1. The van der Waals surface area contributed by atoms with Crippen LogP contribution < -0.4 is 0 Å². The summed E-state index contributed by atoms with van der Waals surface area (Å²) in [6, 6.07) is 31.6. The molecule has 2 atom stereocenters. The van der Waals surface area contributed by atoms with E-state index in [4.69, 9.17) is 0 Å². The third-order valence-corrected chi connectivity index (χ3v) is 4.82. The van der Waals surface area contributed by atoms with Crippen molar-refractivity contribution in [3.63, 3.8) is 0 Å². The number of rotatable bonds is 4. The minimum Gasteiger partial charge on any atom is -0.390 e. The highest BCUT2D eigenvalue weighted by molar-refractivity contribution is 5.35. The van der Waals surface area contributed by atoms with E-state index in [1.807, 2.05) is 30.3 Å². The van der Waals surface area contributed by atoms with Gasteiger partial charge in [-0.2, -0.15) is 0 Å². The molecule has 0 bridgehead atoms. The van der Waals surface area contributed by atoms with Gasteiger partial charge in [-0.05, 0) is 16.7 Å². The van der Waals surface area contributed by atoms with Crippen molar-refractivity contribution < 1.29 is 5.11 Å². The molecule has 0 unspecified atom stereocenters. The Morgan fingerprint density at radius 3 is 1.62 bits per heavy atom. The first-order valence-electron chi connectivity index (χ1n) is 8.43. The van der Waals surface area contributed by atoms with E-state index in [1.54, 1.807) is 0 Å². The molecule has 1 N–H and O–H groups in total. The first-order valence-corrected chi connectivity index (χ1v) is 8.43. The van der Waals surface area contributed by atoms with E-state index in [1.165, 1.54) is 16.7 Å². The van der Waals surface area contributed by atoms with Gasteiger partial charge < -0.3 is 5.11 Å². The fourth-order valence-electron chi connectivity index (χ4n) is 3.69. The fraction of sp³-hybridized carbons (Fsp3) is 0.182. The Kier molecular flexibility index (Phi) is 4.16. The normalized spacial score (nSPS) is 20.8. The van der Waals surface area contributed by atoms with Crippen LogP contribution in [0.25, 0.3) is 0 Å². The highest BCUT2D eigenvalue weighted by Gasteiger charge is 2.43. The second-order valence-corrected chi connectivity index (χ2v) is 6.34. The molecule has 1 aliphatic rings. The second kappa shape index (κ2) is 6.60. The molecule has 0 aliphatic carbocycles. The molecule has 2 nitrogen and oxygen atoms in total. The van der Waals surface area contributed by atoms with Crippen molar-refractivity contribution in [2.45, 2.75) is 18.2 Å². The van der Waals surface area contributed by atoms with E-state index in [0.29, 0.717) is 6.54 Å². The van der Waals surface area contributed by atoms with Gasteiger partial charge in [0.25, 0.3) is 0 Å². The fourth-order valence-corrected chi connectivity index (χ4v) is 3.69. The van der Waals surface area contributed by atoms with Crippen LogP contribution in [-0.2, 0) is 0 Å². The molecule has 0 aromatic heterocycles. The highest BCUT2D eigenvalue weighted by Crippen LogP contribution is 2.43. The van der Waals surface area contributed by atoms with Crippen molar-refractivity contribution in [1.82, 2.24) is 4.90 Å². The van der Waals surface area contributed by atoms with E-state index in [2.05, 4.69) is 65.6 Å². The van der Waals surface area contributed by atoms with Crippen molar-refractivity contribution >= 4 is 0 Å². The number of likely N-dealkylation sites (tertiary alicyclic amines) is 1. The van der Waals surface area contributed by atoms with Crippen molar-refractivity contribution in [3.8, 4) is 0 Å². The van der Waals surface area contributed by atoms with Gasteiger partial charge in [0.1, 0.15) is 0 Å². The molecular formula is C22H21NO. The minimum absolute atomic E-state index is 0.0385. The molecule has 24 heavy (non-hydrogen) atoms. The first-order chi connectivity index (χ1) is 11.8. The summed E-state index contributed by atoms with van der Waals surface area (Å²) in [6.45, 7) is 0.689. The molecule has 1 heterocycles. The Morgan fingerprint density at radius 2 is 1.17 bits per heavy atom. The number of hydrogen-bond acceptors (Lipinski definition) is 2. The summed E-state index contributed by atoms with van der Waals surface area (Å²) in [5.41, 5.74) is 3.70. The average molecular weight is 315 g/mol. The van der Waals surface area contributed by atoms with E-state index >= 15 is 0 Å². The van der Waals surface area contributed by atoms with Crippen molar-refractivity contribution in [2.24, 2.45) is 0 Å². The lowest BCUT2D eigenvalue weighted by molar-refractivity contribution is -0.0807. The van der Waals surface area contributed by atoms with E-state index in [0.717, 1.165) is 0 Å². The van der Waals surface area contributed by atoms with Crippen LogP contribution in [0.3, 0.4) is 0 Å². The van der Waals surface area contributed by atoms with Crippen LogP contribution in [0.4, 0.5) is 0 Å². The maximum Gasteiger partial charge on any atom is 0.0864 e. The summed E-state index contributed by atoms with van der Waals surface area (Å²) in [4.78, 5) is 2.39. The summed E-state index contributed by atoms with van der Waals surface area (Å²) in [7, 11) is 0. The number of hydrogen-bond donors (Lipinski definition) is 1. The summed E-state index contributed by atoms with van der Waals surface area (Å²) < 4.78 is 0. The van der Waals surface area contributed by atoms with Gasteiger partial charge in [-0.3, -0.25) is 4.90 Å². The molecule has 4 rings (SSSR count). The average Bonchev–Trinajstić information content (AvgIpc) is 2.64. The highest BCUT2D eigenvalue weighted by atomic mass is 16.3. The molecule has 1 fully saturated rings. The van der Waals surface area contributed by atoms with E-state index in [-0.39, 0.29) is 18.2 Å². The number of nitrogens with zero attached hydrogens (tertiary/aromatic N) is 1. The van der Waals surface area contributed by atoms with Gasteiger partial charge in [0.05, 0.1) is 18.2 Å². The van der Waals surface area contributed by atoms with Crippen LogP contribution >= 0.6 is 0 Å². The van der Waals surface area contributed by atoms with Crippen LogP contribution in [0.1, 0.15) is 28.8 Å². The Hall–Kier alpha value is -2.42. The molecule has 120 valence electrons. The maximum atomic E-state index is 10.4. The molecule has 0 amide bonds. The smallest absolute Gasteiger partial charge is 0.0864 e. The zero-order chi connectivity index (χ0) is 16.4. The van der Waals surface area contributed by atoms with Gasteiger partial charge >= 0.3 is 0 Å². The zero-order valence-electron chi connectivity index (χ0n) is 13.5. The molecule has 1 aliphatic heterocycles. The number of aliphatic hydroxyl groups excluding tert-OH is 1. The Balaban J connectivity index is 1.74. The quantitative estimate of drug-likeness (QED) is 0.780. The lowest BCUT2D eigenvalue weighted by Gasteiger charge is -2.50. The van der Waals surface area contributed by atoms with Crippen molar-refractivity contribution in [1.29, 1.82) is 0 Å². The van der Waals surface area contributed by atoms with Gasteiger partial charge in [-0.15, -0.1) is 0 Å². The van der Waals surface area contributed by atoms with Crippen LogP contribution in [0.15, 0.2) is 91.0 Å². The first kappa shape index (κ1) is 15.1. The molecule has 1 saturated heterocycles. The minimum atomic E-state index is -0.317. The third kappa shape index (κ3) is 2.75. The monoisotopic (exact) mass is 315 g/mol. The molecule has 2 heteroatoms. The van der Waals surface area contributed by atoms with Crippen molar-refractivity contribution in [2.75, 3.05) is 6.54 Å². The van der Waals surface area contributed by atoms with Gasteiger partial charge in [0.15, 0.2) is 0 Å². The summed E-state index contributed by atoms with van der Waals surface area (Å²) >= 11 is 0. The number of β-amino-alcohol motifs (C(OH)–C–C–N with tert-alkyl or cyclic N) is 1. The Labute approximate surface area is 143 Å². The second-order valence-electron chi connectivity index (χ2n) is 6.34. The summed E-state index contributed by atoms with van der Waals surface area (Å²) in [6.07, 6.45) is -0.317. The van der Waals surface area contributed by atoms with Gasteiger partial charge in [0.2, 0.25) is 0 Å². The lowest BCUT2D eigenvalue weighted by atomic mass is 9.85. The number of benzene rings is 3. The third-order valence-electron chi connectivity index (χ3n) is 4.82. The van der Waals surface area contributed by atoms with Gasteiger partial charge in [-0.1, -0.05) is 91.0 Å². The maximum absolute atomic E-state index is 10.4. The summed E-state index contributed by atoms with van der Waals surface area (Å²) in [5.74, 6) is 0. The largest absolute Gasteiger partial charge is 0.390 e. The Bertz CT molecular complexity index is 733. The van der Waals surface area contributed by atoms with Crippen LogP contribution in [-0.4, -0.2) is 22.7 Å². The molecule has 3 aromatic rings.